The molecule has 1 aliphatic rings. The Bertz CT molecular complexity index is 99.9. The molecular weight excluding hydrogens is 132 g/mol. The Hall–Kier alpha value is -0.610. The van der Waals surface area contributed by atoms with Gasteiger partial charge in [0.05, 0.1) is 0 Å². The minimum Gasteiger partial charge on any atom is -0.371 e. The Labute approximate surface area is 60.1 Å². The van der Waals surface area contributed by atoms with Gasteiger partial charge in [-0.3, -0.25) is 4.79 Å². The van der Waals surface area contributed by atoms with E-state index in [9.17, 15) is 4.79 Å². The van der Waals surface area contributed by atoms with E-state index in [-0.39, 0.29) is 0 Å². The lowest BCUT2D eigenvalue weighted by Crippen LogP contribution is -2.27. The van der Waals surface area contributed by atoms with E-state index in [1.807, 2.05) is 0 Å². The van der Waals surface area contributed by atoms with Crippen LogP contribution in [0, 0.1) is 0 Å². The van der Waals surface area contributed by atoms with E-state index in [4.69, 9.17) is 0 Å². The predicted octanol–water partition coefficient (Wildman–Crippen LogP) is -0.630. The Morgan fingerprint density at radius 3 is 3.10 bits per heavy atom. The highest BCUT2D eigenvalue weighted by atomic mass is 16.7. The van der Waals surface area contributed by atoms with Crippen LogP contribution in [0.2, 0.25) is 0 Å². The van der Waals surface area contributed by atoms with Gasteiger partial charge in [0.1, 0.15) is 0 Å². The van der Waals surface area contributed by atoms with Gasteiger partial charge >= 0.3 is 6.47 Å². The molecule has 1 rings (SSSR count). The molecule has 0 aromatic heterocycles. The van der Waals surface area contributed by atoms with Gasteiger partial charge in [0.15, 0.2) is 0 Å². The third-order valence-corrected chi connectivity index (χ3v) is 1.49. The van der Waals surface area contributed by atoms with Crippen LogP contribution in [0.1, 0.15) is 6.42 Å². The summed E-state index contributed by atoms with van der Waals surface area (Å²) in [6, 6.07) is 0. The van der Waals surface area contributed by atoms with Gasteiger partial charge in [-0.25, -0.2) is 0 Å². The highest BCUT2D eigenvalue weighted by Crippen LogP contribution is 1.93. The first-order chi connectivity index (χ1) is 4.93. The van der Waals surface area contributed by atoms with E-state index >= 15 is 0 Å². The van der Waals surface area contributed by atoms with Crippen LogP contribution in [0.4, 0.5) is 0 Å². The van der Waals surface area contributed by atoms with Crippen LogP contribution in [-0.4, -0.2) is 37.7 Å². The molecule has 0 aromatic carbocycles. The van der Waals surface area contributed by atoms with E-state index in [1.165, 1.54) is 0 Å². The molecule has 0 amide bonds. The summed E-state index contributed by atoms with van der Waals surface area (Å²) in [4.78, 5) is 14.6. The molecule has 1 saturated heterocycles. The lowest BCUT2D eigenvalue weighted by Gasteiger charge is -2.14. The van der Waals surface area contributed by atoms with Crippen LogP contribution in [-0.2, 0) is 9.63 Å². The molecule has 58 valence electrons. The van der Waals surface area contributed by atoms with Crippen LogP contribution in [0.25, 0.3) is 0 Å². The number of carbonyl (C=O) groups excluding carboxylic acids is 1. The largest absolute Gasteiger partial charge is 0.371 e. The van der Waals surface area contributed by atoms with Crippen molar-refractivity contribution in [2.45, 2.75) is 6.42 Å². The molecule has 0 bridgehead atoms. The van der Waals surface area contributed by atoms with Crippen molar-refractivity contribution in [1.82, 2.24) is 10.4 Å². The topological polar surface area (TPSA) is 41.6 Å². The van der Waals surface area contributed by atoms with E-state index < -0.39 is 0 Å². The second-order valence-corrected chi connectivity index (χ2v) is 2.23. The Kier molecular flexibility index (Phi) is 3.18. The van der Waals surface area contributed by atoms with Gasteiger partial charge in [-0.1, -0.05) is 0 Å². The molecule has 0 saturated carbocycles. The van der Waals surface area contributed by atoms with E-state index in [0.717, 1.165) is 32.6 Å². The molecule has 4 heteroatoms. The number of hydroxylamine groups is 2. The lowest BCUT2D eigenvalue weighted by molar-refractivity contribution is -0.172. The zero-order valence-corrected chi connectivity index (χ0v) is 5.88. The fourth-order valence-electron chi connectivity index (χ4n) is 0.987. The van der Waals surface area contributed by atoms with Gasteiger partial charge in [-0.15, -0.1) is 5.06 Å². The number of nitrogens with zero attached hydrogens (tertiary/aromatic N) is 1. The Morgan fingerprint density at radius 2 is 2.30 bits per heavy atom. The first-order valence-electron chi connectivity index (χ1n) is 3.49. The van der Waals surface area contributed by atoms with Crippen LogP contribution in [0.3, 0.4) is 0 Å². The van der Waals surface area contributed by atoms with E-state index in [1.54, 1.807) is 5.06 Å². The summed E-state index contributed by atoms with van der Waals surface area (Å²) in [6.07, 6.45) is 1.04. The van der Waals surface area contributed by atoms with Gasteiger partial charge in [0.2, 0.25) is 0 Å². The second kappa shape index (κ2) is 4.24. The maximum Gasteiger partial charge on any atom is 0.312 e. The average molecular weight is 144 g/mol. The first-order valence-corrected chi connectivity index (χ1v) is 3.49. The molecule has 0 aliphatic carbocycles. The van der Waals surface area contributed by atoms with Gasteiger partial charge in [0.25, 0.3) is 0 Å². The van der Waals surface area contributed by atoms with Crippen molar-refractivity contribution < 1.29 is 9.63 Å². The fourth-order valence-corrected chi connectivity index (χ4v) is 0.987. The normalized spacial score (nSPS) is 21.6. The monoisotopic (exact) mass is 144 g/mol. The van der Waals surface area contributed by atoms with Crippen LogP contribution < -0.4 is 5.32 Å². The minimum atomic E-state index is 0.478. The molecule has 10 heavy (non-hydrogen) atoms. The van der Waals surface area contributed by atoms with Crippen LogP contribution in [0.15, 0.2) is 0 Å². The molecule has 1 aliphatic heterocycles. The molecule has 0 radical (unpaired) electrons. The van der Waals surface area contributed by atoms with E-state index in [2.05, 4.69) is 10.2 Å². The Morgan fingerprint density at radius 1 is 1.40 bits per heavy atom. The summed E-state index contributed by atoms with van der Waals surface area (Å²) in [6.45, 7) is 4.02. The fraction of sp³-hybridized carbons (Fsp3) is 0.833. The van der Waals surface area contributed by atoms with Crippen molar-refractivity contribution in [3.8, 4) is 0 Å². The third kappa shape index (κ3) is 2.33. The summed E-state index contributed by atoms with van der Waals surface area (Å²) in [5.41, 5.74) is 0. The number of nitrogens with one attached hydrogen (secondary N) is 1. The average Bonchev–Trinajstić information content (AvgIpc) is 2.17. The maximum atomic E-state index is 9.90. The SMILES string of the molecule is O=CON1CCCNCC1. The first kappa shape index (κ1) is 7.50. The molecule has 0 unspecified atom stereocenters. The zero-order valence-electron chi connectivity index (χ0n) is 5.88. The highest BCUT2D eigenvalue weighted by Gasteiger charge is 2.07. The standard InChI is InChI=1S/C6H12N2O2/c9-6-10-8-4-1-2-7-3-5-8/h6-7H,1-5H2. The molecule has 1 heterocycles. The number of rotatable bonds is 2. The summed E-state index contributed by atoms with van der Waals surface area (Å²) in [5.74, 6) is 0. The van der Waals surface area contributed by atoms with Crippen molar-refractivity contribution in [3.63, 3.8) is 0 Å². The summed E-state index contributed by atoms with van der Waals surface area (Å²) < 4.78 is 0. The van der Waals surface area contributed by atoms with Crippen molar-refractivity contribution in [1.29, 1.82) is 0 Å². The molecule has 0 spiro atoms. The van der Waals surface area contributed by atoms with Gasteiger partial charge in [-0.05, 0) is 13.0 Å². The molecule has 0 atom stereocenters. The lowest BCUT2D eigenvalue weighted by atomic mass is 10.4. The molecule has 0 aromatic rings. The molecule has 1 fully saturated rings. The summed E-state index contributed by atoms with van der Waals surface area (Å²) >= 11 is 0. The molecule has 1 N–H and O–H groups in total. The van der Waals surface area contributed by atoms with Gasteiger partial charge in [0, 0.05) is 19.6 Å². The smallest absolute Gasteiger partial charge is 0.312 e. The zero-order chi connectivity index (χ0) is 7.23. The predicted molar refractivity (Wildman–Crippen MR) is 36.2 cm³/mol. The highest BCUT2D eigenvalue weighted by molar-refractivity contribution is 5.36. The van der Waals surface area contributed by atoms with Crippen molar-refractivity contribution >= 4 is 6.47 Å². The maximum absolute atomic E-state index is 9.90. The van der Waals surface area contributed by atoms with Gasteiger partial charge < -0.3 is 10.2 Å². The quantitative estimate of drug-likeness (QED) is 0.524. The molecular formula is C6H12N2O2. The van der Waals surface area contributed by atoms with Crippen molar-refractivity contribution in [2.75, 3.05) is 26.2 Å². The minimum absolute atomic E-state index is 0.478. The molecule has 4 nitrogen and oxygen atoms in total. The van der Waals surface area contributed by atoms with Crippen molar-refractivity contribution in [2.24, 2.45) is 0 Å². The Balaban J connectivity index is 2.21. The van der Waals surface area contributed by atoms with E-state index in [0.29, 0.717) is 6.47 Å². The second-order valence-electron chi connectivity index (χ2n) is 2.23. The third-order valence-electron chi connectivity index (χ3n) is 1.49. The number of carbonyl (C=O) groups is 1. The number of hydrogen-bond donors (Lipinski definition) is 1. The van der Waals surface area contributed by atoms with Crippen LogP contribution in [0.5, 0.6) is 0 Å². The van der Waals surface area contributed by atoms with Crippen molar-refractivity contribution in [3.05, 3.63) is 0 Å². The summed E-state index contributed by atoms with van der Waals surface area (Å²) in [7, 11) is 0. The summed E-state index contributed by atoms with van der Waals surface area (Å²) in [5, 5.41) is 4.87. The number of hydrogen-bond acceptors (Lipinski definition) is 4. The van der Waals surface area contributed by atoms with Crippen LogP contribution >= 0.6 is 0 Å². The van der Waals surface area contributed by atoms with Gasteiger partial charge in [-0.2, -0.15) is 0 Å².